The lowest BCUT2D eigenvalue weighted by atomic mass is 10.3. The van der Waals surface area contributed by atoms with Crippen molar-refractivity contribution in [2.24, 2.45) is 5.90 Å². The lowest BCUT2D eigenvalue weighted by molar-refractivity contribution is 0.334. The third-order valence-corrected chi connectivity index (χ3v) is 1.67. The Morgan fingerprint density at radius 3 is 2.22 bits per heavy atom. The van der Waals surface area contributed by atoms with Crippen molar-refractivity contribution in [3.8, 4) is 5.75 Å². The molecular formula is C6H6INO. The molecule has 0 amide bonds. The van der Waals surface area contributed by atoms with Crippen molar-refractivity contribution >= 4 is 22.6 Å². The maximum Gasteiger partial charge on any atom is 0.146 e. The predicted molar refractivity (Wildman–Crippen MR) is 44.0 cm³/mol. The molecule has 0 aliphatic carbocycles. The Balaban J connectivity index is 2.88. The van der Waals surface area contributed by atoms with Gasteiger partial charge in [0.05, 0.1) is 0 Å². The molecule has 0 aliphatic rings. The molecule has 1 aromatic rings. The van der Waals surface area contributed by atoms with Gasteiger partial charge in [-0.05, 0) is 46.9 Å². The van der Waals surface area contributed by atoms with Crippen LogP contribution in [-0.4, -0.2) is 0 Å². The smallest absolute Gasteiger partial charge is 0.146 e. The van der Waals surface area contributed by atoms with Gasteiger partial charge in [-0.2, -0.15) is 5.90 Å². The van der Waals surface area contributed by atoms with Crippen LogP contribution in [0.5, 0.6) is 5.75 Å². The molecule has 0 atom stereocenters. The third-order valence-electron chi connectivity index (χ3n) is 0.950. The summed E-state index contributed by atoms with van der Waals surface area (Å²) in [5.41, 5.74) is 0. The lowest BCUT2D eigenvalue weighted by Crippen LogP contribution is -2.00. The summed E-state index contributed by atoms with van der Waals surface area (Å²) < 4.78 is 1.17. The molecule has 0 spiro atoms. The van der Waals surface area contributed by atoms with Gasteiger partial charge in [0.25, 0.3) is 0 Å². The molecule has 0 saturated heterocycles. The Morgan fingerprint density at radius 1 is 1.22 bits per heavy atom. The molecule has 0 unspecified atom stereocenters. The Labute approximate surface area is 67.1 Å². The molecule has 0 heterocycles. The number of hydrogen-bond acceptors (Lipinski definition) is 2. The zero-order valence-corrected chi connectivity index (χ0v) is 6.83. The predicted octanol–water partition coefficient (Wildman–Crippen LogP) is 1.54. The summed E-state index contributed by atoms with van der Waals surface area (Å²) in [6.45, 7) is 0. The van der Waals surface area contributed by atoms with Crippen molar-refractivity contribution in [1.29, 1.82) is 0 Å². The second-order valence-electron chi connectivity index (χ2n) is 1.57. The first kappa shape index (κ1) is 6.82. The van der Waals surface area contributed by atoms with E-state index in [-0.39, 0.29) is 0 Å². The van der Waals surface area contributed by atoms with Crippen LogP contribution < -0.4 is 10.7 Å². The van der Waals surface area contributed by atoms with Gasteiger partial charge in [-0.25, -0.2) is 0 Å². The number of halogens is 1. The Hall–Kier alpha value is -0.290. The molecule has 9 heavy (non-hydrogen) atoms. The molecule has 0 aliphatic heterocycles. The summed E-state index contributed by atoms with van der Waals surface area (Å²) in [5.74, 6) is 5.59. The van der Waals surface area contributed by atoms with E-state index in [0.717, 1.165) is 0 Å². The van der Waals surface area contributed by atoms with Gasteiger partial charge < -0.3 is 4.84 Å². The molecule has 0 fully saturated rings. The second-order valence-corrected chi connectivity index (χ2v) is 2.82. The Kier molecular flexibility index (Phi) is 2.29. The Morgan fingerprint density at radius 2 is 1.78 bits per heavy atom. The van der Waals surface area contributed by atoms with Crippen LogP contribution in [0.25, 0.3) is 0 Å². The first-order valence-corrected chi connectivity index (χ1v) is 3.53. The van der Waals surface area contributed by atoms with Crippen LogP contribution in [0.2, 0.25) is 0 Å². The fourth-order valence-electron chi connectivity index (χ4n) is 0.513. The van der Waals surface area contributed by atoms with Crippen LogP contribution in [0, 0.1) is 3.57 Å². The van der Waals surface area contributed by atoms with Crippen molar-refractivity contribution < 1.29 is 4.84 Å². The zero-order valence-electron chi connectivity index (χ0n) is 4.67. The summed E-state index contributed by atoms with van der Waals surface area (Å²) in [6.07, 6.45) is 0. The third kappa shape index (κ3) is 1.83. The highest BCUT2D eigenvalue weighted by atomic mass is 127. The largest absolute Gasteiger partial charge is 0.412 e. The van der Waals surface area contributed by atoms with Crippen LogP contribution in [-0.2, 0) is 0 Å². The van der Waals surface area contributed by atoms with Crippen LogP contribution >= 0.6 is 22.6 Å². The van der Waals surface area contributed by atoms with Crippen LogP contribution in [0.15, 0.2) is 24.3 Å². The molecule has 0 aromatic heterocycles. The van der Waals surface area contributed by atoms with E-state index in [1.165, 1.54) is 3.57 Å². The van der Waals surface area contributed by atoms with E-state index in [4.69, 9.17) is 5.90 Å². The van der Waals surface area contributed by atoms with Gasteiger partial charge in [-0.3, -0.25) is 0 Å². The minimum absolute atomic E-state index is 0.690. The molecule has 0 bridgehead atoms. The molecule has 1 aromatic carbocycles. The molecule has 2 N–H and O–H groups in total. The fourth-order valence-corrected chi connectivity index (χ4v) is 0.873. The summed E-state index contributed by atoms with van der Waals surface area (Å²) in [6, 6.07) is 7.51. The highest BCUT2D eigenvalue weighted by Crippen LogP contribution is 2.11. The highest BCUT2D eigenvalue weighted by Gasteiger charge is 1.87. The summed E-state index contributed by atoms with van der Waals surface area (Å²) in [5, 5.41) is 0. The number of rotatable bonds is 1. The Bertz CT molecular complexity index is 185. The van der Waals surface area contributed by atoms with E-state index < -0.39 is 0 Å². The molecule has 3 heteroatoms. The first-order chi connectivity index (χ1) is 4.33. The van der Waals surface area contributed by atoms with Gasteiger partial charge in [0, 0.05) is 3.57 Å². The van der Waals surface area contributed by atoms with Crippen LogP contribution in [0.1, 0.15) is 0 Å². The average Bonchev–Trinajstić information content (AvgIpc) is 1.90. The van der Waals surface area contributed by atoms with E-state index >= 15 is 0 Å². The number of hydrogen-bond donors (Lipinski definition) is 1. The number of nitrogens with two attached hydrogens (primary N) is 1. The molecule has 1 rings (SSSR count). The normalized spacial score (nSPS) is 9.11. The molecule has 2 nitrogen and oxygen atoms in total. The minimum atomic E-state index is 0.690. The van der Waals surface area contributed by atoms with E-state index in [9.17, 15) is 0 Å². The van der Waals surface area contributed by atoms with Gasteiger partial charge in [0.2, 0.25) is 0 Å². The van der Waals surface area contributed by atoms with Gasteiger partial charge >= 0.3 is 0 Å². The summed E-state index contributed by atoms with van der Waals surface area (Å²) in [4.78, 5) is 4.47. The van der Waals surface area contributed by atoms with Crippen molar-refractivity contribution in [1.82, 2.24) is 0 Å². The minimum Gasteiger partial charge on any atom is -0.412 e. The molecule has 0 saturated carbocycles. The van der Waals surface area contributed by atoms with Gasteiger partial charge in [-0.15, -0.1) is 0 Å². The maximum atomic E-state index is 4.90. The van der Waals surface area contributed by atoms with Gasteiger partial charge in [-0.1, -0.05) is 0 Å². The van der Waals surface area contributed by atoms with Crippen LogP contribution in [0.3, 0.4) is 0 Å². The van der Waals surface area contributed by atoms with Crippen molar-refractivity contribution in [3.05, 3.63) is 27.8 Å². The molecule has 0 radical (unpaired) electrons. The maximum absolute atomic E-state index is 4.90. The van der Waals surface area contributed by atoms with E-state index in [1.54, 1.807) is 0 Å². The van der Waals surface area contributed by atoms with Crippen molar-refractivity contribution in [3.63, 3.8) is 0 Å². The van der Waals surface area contributed by atoms with E-state index in [2.05, 4.69) is 27.4 Å². The first-order valence-electron chi connectivity index (χ1n) is 2.45. The topological polar surface area (TPSA) is 35.2 Å². The highest BCUT2D eigenvalue weighted by molar-refractivity contribution is 14.1. The van der Waals surface area contributed by atoms with Gasteiger partial charge in [0.15, 0.2) is 0 Å². The van der Waals surface area contributed by atoms with Crippen molar-refractivity contribution in [2.45, 2.75) is 0 Å². The molecular weight excluding hydrogens is 229 g/mol. The summed E-state index contributed by atoms with van der Waals surface area (Å²) >= 11 is 2.22. The van der Waals surface area contributed by atoms with Gasteiger partial charge in [0.1, 0.15) is 5.75 Å². The van der Waals surface area contributed by atoms with Crippen molar-refractivity contribution in [2.75, 3.05) is 0 Å². The fraction of sp³-hybridized carbons (Fsp3) is 0. The standard InChI is InChI=1S/C6H6INO/c7-5-1-3-6(9-8)4-2-5/h1-4H,8H2. The second kappa shape index (κ2) is 3.03. The zero-order chi connectivity index (χ0) is 6.69. The van der Waals surface area contributed by atoms with Crippen LogP contribution in [0.4, 0.5) is 0 Å². The van der Waals surface area contributed by atoms with E-state index in [0.29, 0.717) is 5.75 Å². The molecule has 48 valence electrons. The lowest BCUT2D eigenvalue weighted by Gasteiger charge is -1.95. The SMILES string of the molecule is NOc1ccc(I)cc1. The number of benzene rings is 1. The average molecular weight is 235 g/mol. The van der Waals surface area contributed by atoms with E-state index in [1.807, 2.05) is 24.3 Å². The monoisotopic (exact) mass is 235 g/mol. The quantitative estimate of drug-likeness (QED) is 0.591. The summed E-state index contributed by atoms with van der Waals surface area (Å²) in [7, 11) is 0.